The summed E-state index contributed by atoms with van der Waals surface area (Å²) >= 11 is -0.306. The van der Waals surface area contributed by atoms with E-state index in [9.17, 15) is 27.6 Å². The molecule has 8 rings (SSSR count). The normalized spacial score (nSPS) is 19.3. The van der Waals surface area contributed by atoms with Gasteiger partial charge in [-0.1, -0.05) is 50.2 Å². The van der Waals surface area contributed by atoms with Crippen LogP contribution in [0.25, 0.3) is 0 Å². The number of nitrogens with zero attached hydrogens (tertiary/aromatic N) is 7. The molecule has 3 fully saturated rings. The Balaban J connectivity index is 1.14. The van der Waals surface area contributed by atoms with Crippen molar-refractivity contribution >= 4 is 52.6 Å². The summed E-state index contributed by atoms with van der Waals surface area (Å²) < 4.78 is 39.7. The maximum absolute atomic E-state index is 15.3. The number of rotatable bonds is 10. The number of amides is 5. The van der Waals surface area contributed by atoms with E-state index in [-0.39, 0.29) is 45.3 Å². The minimum atomic E-state index is -4.54. The zero-order chi connectivity index (χ0) is 43.6. The van der Waals surface area contributed by atoms with Crippen LogP contribution in [0.5, 0.6) is 0 Å². The lowest BCUT2D eigenvalue weighted by molar-refractivity contribution is -0.123. The van der Waals surface area contributed by atoms with Crippen LogP contribution in [0.2, 0.25) is 0 Å². The van der Waals surface area contributed by atoms with Crippen LogP contribution in [-0.4, -0.2) is 107 Å². The number of pyridine rings is 2. The third kappa shape index (κ3) is 8.30. The predicted molar refractivity (Wildman–Crippen MR) is 232 cm³/mol. The van der Waals surface area contributed by atoms with Crippen molar-refractivity contribution in [2.24, 2.45) is 0 Å². The van der Waals surface area contributed by atoms with Gasteiger partial charge in [-0.2, -0.15) is 13.2 Å². The SMILES string of the molecule is CC(c1ccncc1C(=O)N1CCN(c2ccccc2)CC1)C1(C(C)c2ccncc2C(=O)N2CCN(c3ccccc3)CC2)NC(=O)N(c2ccc(SC(F)(F)F)cc2)C1=O. The highest BCUT2D eigenvalue weighted by atomic mass is 32.2. The highest BCUT2D eigenvalue weighted by Crippen LogP contribution is 2.47. The number of aromatic nitrogens is 2. The van der Waals surface area contributed by atoms with Gasteiger partial charge in [0, 0.05) is 105 Å². The molecule has 2 aromatic heterocycles. The fourth-order valence-electron chi connectivity index (χ4n) is 8.92. The van der Waals surface area contributed by atoms with Crippen molar-refractivity contribution < 1.29 is 32.3 Å². The quantitative estimate of drug-likeness (QED) is 0.113. The number of piperazine rings is 2. The molecule has 0 radical (unpaired) electrons. The topological polar surface area (TPSA) is 122 Å². The number of para-hydroxylation sites is 2. The second-order valence-electron chi connectivity index (χ2n) is 15.6. The second kappa shape index (κ2) is 17.5. The van der Waals surface area contributed by atoms with Crippen LogP contribution in [0, 0.1) is 0 Å². The predicted octanol–water partition coefficient (Wildman–Crippen LogP) is 7.42. The molecule has 62 heavy (non-hydrogen) atoms. The molecular formula is C46H45F3N8O4S. The molecule has 16 heteroatoms. The smallest absolute Gasteiger partial charge is 0.368 e. The number of carbonyl (C=O) groups is 4. The minimum Gasteiger partial charge on any atom is -0.368 e. The Hall–Kier alpha value is -6.42. The van der Waals surface area contributed by atoms with Crippen LogP contribution >= 0.6 is 11.8 Å². The minimum absolute atomic E-state index is 0.0601. The monoisotopic (exact) mass is 862 g/mol. The molecular weight excluding hydrogens is 818 g/mol. The van der Waals surface area contributed by atoms with Gasteiger partial charge in [0.2, 0.25) is 0 Å². The molecule has 2 atom stereocenters. The van der Waals surface area contributed by atoms with Crippen molar-refractivity contribution in [1.82, 2.24) is 25.1 Å². The van der Waals surface area contributed by atoms with Crippen LogP contribution in [0.3, 0.4) is 0 Å². The Morgan fingerprint density at radius 3 is 1.48 bits per heavy atom. The molecule has 1 N–H and O–H groups in total. The third-order valence-corrected chi connectivity index (χ3v) is 13.0. The van der Waals surface area contributed by atoms with Crippen LogP contribution < -0.4 is 20.0 Å². The van der Waals surface area contributed by atoms with Gasteiger partial charge in [0.1, 0.15) is 5.54 Å². The van der Waals surface area contributed by atoms with Crippen LogP contribution in [-0.2, 0) is 4.79 Å². The van der Waals surface area contributed by atoms with Crippen molar-refractivity contribution in [2.75, 3.05) is 67.1 Å². The number of anilines is 3. The van der Waals surface area contributed by atoms with E-state index in [1.54, 1.807) is 35.8 Å². The number of nitrogens with one attached hydrogen (secondary N) is 1. The highest BCUT2D eigenvalue weighted by molar-refractivity contribution is 8.00. The van der Waals surface area contributed by atoms with Gasteiger partial charge in [0.25, 0.3) is 17.7 Å². The first-order valence-electron chi connectivity index (χ1n) is 20.4. The van der Waals surface area contributed by atoms with E-state index in [2.05, 4.69) is 25.1 Å². The van der Waals surface area contributed by atoms with Gasteiger partial charge in [0.15, 0.2) is 0 Å². The van der Waals surface area contributed by atoms with Crippen molar-refractivity contribution in [1.29, 1.82) is 0 Å². The molecule has 320 valence electrons. The van der Waals surface area contributed by atoms with E-state index >= 15 is 4.79 Å². The number of carbonyl (C=O) groups excluding carboxylic acids is 4. The number of benzene rings is 3. The van der Waals surface area contributed by atoms with Crippen molar-refractivity contribution in [2.45, 2.75) is 41.6 Å². The van der Waals surface area contributed by atoms with Gasteiger partial charge < -0.3 is 24.9 Å². The zero-order valence-corrected chi connectivity index (χ0v) is 35.0. The zero-order valence-electron chi connectivity index (χ0n) is 34.2. The summed E-state index contributed by atoms with van der Waals surface area (Å²) in [6.45, 7) is 7.67. The first-order valence-corrected chi connectivity index (χ1v) is 21.3. The van der Waals surface area contributed by atoms with Gasteiger partial charge in [-0.25, -0.2) is 9.69 Å². The maximum atomic E-state index is 15.3. The number of imide groups is 1. The molecule has 12 nitrogen and oxygen atoms in total. The fraction of sp³-hybridized carbons (Fsp3) is 0.304. The Bertz CT molecular complexity index is 2310. The Morgan fingerprint density at radius 2 is 1.06 bits per heavy atom. The van der Waals surface area contributed by atoms with E-state index in [0.29, 0.717) is 63.5 Å². The number of urea groups is 1. The van der Waals surface area contributed by atoms with Crippen molar-refractivity contribution in [3.05, 3.63) is 144 Å². The molecule has 5 amide bonds. The molecule has 5 aromatic rings. The van der Waals surface area contributed by atoms with Crippen LogP contribution in [0.15, 0.2) is 127 Å². The Morgan fingerprint density at radius 1 is 0.629 bits per heavy atom. The average Bonchev–Trinajstić information content (AvgIpc) is 3.58. The van der Waals surface area contributed by atoms with E-state index in [1.165, 1.54) is 49.1 Å². The molecule has 0 saturated carbocycles. The number of halogens is 3. The summed E-state index contributed by atoms with van der Waals surface area (Å²) in [5.74, 6) is -3.07. The van der Waals surface area contributed by atoms with E-state index in [0.717, 1.165) is 16.3 Å². The average molecular weight is 863 g/mol. The molecule has 3 aromatic carbocycles. The first-order chi connectivity index (χ1) is 29.9. The lowest BCUT2D eigenvalue weighted by atomic mass is 9.68. The lowest BCUT2D eigenvalue weighted by Crippen LogP contribution is -2.56. The third-order valence-electron chi connectivity index (χ3n) is 12.2. The Labute approximate surface area is 361 Å². The first kappa shape index (κ1) is 42.3. The fourth-order valence-corrected chi connectivity index (χ4v) is 9.46. The summed E-state index contributed by atoms with van der Waals surface area (Å²) in [5.41, 5.74) is -2.75. The molecule has 2 unspecified atom stereocenters. The van der Waals surface area contributed by atoms with E-state index in [1.807, 2.05) is 60.7 Å². The molecule has 0 aliphatic carbocycles. The van der Waals surface area contributed by atoms with Crippen LogP contribution in [0.1, 0.15) is 57.5 Å². The summed E-state index contributed by atoms with van der Waals surface area (Å²) in [6.07, 6.45) is 6.01. The molecule has 3 aliphatic rings. The van der Waals surface area contributed by atoms with Gasteiger partial charge in [0.05, 0.1) is 16.8 Å². The summed E-state index contributed by atoms with van der Waals surface area (Å²) in [5, 5.41) is 3.00. The van der Waals surface area contributed by atoms with Gasteiger partial charge >= 0.3 is 11.5 Å². The summed E-state index contributed by atoms with van der Waals surface area (Å²) in [4.78, 5) is 75.8. The maximum Gasteiger partial charge on any atom is 0.446 e. The lowest BCUT2D eigenvalue weighted by Gasteiger charge is -2.41. The number of alkyl halides is 3. The highest BCUT2D eigenvalue weighted by Gasteiger charge is 2.59. The number of hydrogen-bond donors (Lipinski definition) is 1. The molecule has 5 heterocycles. The van der Waals surface area contributed by atoms with Gasteiger partial charge in [-0.3, -0.25) is 24.4 Å². The van der Waals surface area contributed by atoms with Crippen molar-refractivity contribution in [3.63, 3.8) is 0 Å². The van der Waals surface area contributed by atoms with Gasteiger partial charge in [-0.15, -0.1) is 0 Å². The van der Waals surface area contributed by atoms with Crippen LogP contribution in [0.4, 0.5) is 35.0 Å². The summed E-state index contributed by atoms with van der Waals surface area (Å²) in [6, 6.07) is 27.4. The number of thioether (sulfide) groups is 1. The Kier molecular flexibility index (Phi) is 11.9. The number of hydrogen-bond acceptors (Lipinski definition) is 9. The largest absolute Gasteiger partial charge is 0.446 e. The second-order valence-corrected chi connectivity index (χ2v) is 16.7. The molecule has 3 aliphatic heterocycles. The summed E-state index contributed by atoms with van der Waals surface area (Å²) in [7, 11) is 0. The van der Waals surface area contributed by atoms with E-state index < -0.39 is 34.8 Å². The van der Waals surface area contributed by atoms with Gasteiger partial charge in [-0.05, 0) is 83.6 Å². The van der Waals surface area contributed by atoms with Crippen molar-refractivity contribution in [3.8, 4) is 0 Å². The van der Waals surface area contributed by atoms with E-state index in [4.69, 9.17) is 0 Å². The molecule has 0 spiro atoms. The molecule has 3 saturated heterocycles. The standard InChI is InChI=1S/C46H45F3N8O4S/c1-31(37-17-19-50-29-39(37)41(58)55-25-21-53(22-26-55)33-9-5-3-6-10-33)45(43(60)57(44(61)52-45)35-13-15-36(16-14-35)62-46(47,48)49)32(2)38-18-20-51-30-40(38)42(59)56-27-23-54(24-28-56)34-11-7-4-8-12-34/h3-20,29-32H,21-28H2,1-2H3,(H,52,61). The molecule has 0 bridgehead atoms.